The van der Waals surface area contributed by atoms with Gasteiger partial charge < -0.3 is 25.2 Å². The molecule has 168 valence electrons. The van der Waals surface area contributed by atoms with Gasteiger partial charge in [0, 0.05) is 18.9 Å². The predicted octanol–water partition coefficient (Wildman–Crippen LogP) is 3.67. The monoisotopic (exact) mass is 438 g/mol. The molecule has 0 saturated heterocycles. The first-order chi connectivity index (χ1) is 15.5. The number of rotatable bonds is 10. The summed E-state index contributed by atoms with van der Waals surface area (Å²) in [6.45, 7) is 3.65. The molecule has 0 bridgehead atoms. The number of aliphatic carboxylic acids is 1. The van der Waals surface area contributed by atoms with Crippen molar-refractivity contribution in [3.63, 3.8) is 0 Å². The first-order valence-corrected chi connectivity index (χ1v) is 10.3. The molecule has 0 fully saturated rings. The van der Waals surface area contributed by atoms with Crippen LogP contribution in [0.1, 0.15) is 29.9 Å². The van der Waals surface area contributed by atoms with E-state index in [9.17, 15) is 14.4 Å². The van der Waals surface area contributed by atoms with Gasteiger partial charge in [-0.25, -0.2) is 9.59 Å². The van der Waals surface area contributed by atoms with Crippen LogP contribution in [0.15, 0.2) is 61.2 Å². The normalized spacial score (nSPS) is 12.8. The second kappa shape index (κ2) is 11.0. The molecule has 0 aliphatic heterocycles. The van der Waals surface area contributed by atoms with Gasteiger partial charge in [-0.05, 0) is 28.7 Å². The first-order valence-electron chi connectivity index (χ1n) is 10.3. The minimum absolute atomic E-state index is 0.00739. The third-order valence-corrected chi connectivity index (χ3v) is 5.20. The van der Waals surface area contributed by atoms with Gasteiger partial charge >= 0.3 is 18.2 Å². The number of carboxylic acids is 1. The van der Waals surface area contributed by atoms with Crippen LogP contribution in [0.4, 0.5) is 9.59 Å². The Kier molecular flexibility index (Phi) is 7.85. The second-order valence-corrected chi connectivity index (χ2v) is 7.37. The number of nitrogens with one attached hydrogen (secondary N) is 2. The molecule has 1 aliphatic rings. The fourth-order valence-corrected chi connectivity index (χ4v) is 3.72. The summed E-state index contributed by atoms with van der Waals surface area (Å²) in [5.41, 5.74) is 4.43. The second-order valence-electron chi connectivity index (χ2n) is 7.37. The minimum Gasteiger partial charge on any atom is -0.481 e. The van der Waals surface area contributed by atoms with E-state index in [1.807, 2.05) is 48.5 Å². The Balaban J connectivity index is 1.59. The van der Waals surface area contributed by atoms with E-state index < -0.39 is 24.2 Å². The van der Waals surface area contributed by atoms with E-state index in [4.69, 9.17) is 14.6 Å². The summed E-state index contributed by atoms with van der Waals surface area (Å²) in [6.07, 6.45) is 0.0261. The topological polar surface area (TPSA) is 114 Å². The largest absolute Gasteiger partial charge is 0.481 e. The molecule has 0 heterocycles. The van der Waals surface area contributed by atoms with Crippen molar-refractivity contribution < 1.29 is 29.0 Å². The summed E-state index contributed by atoms with van der Waals surface area (Å²) in [5, 5.41) is 14.1. The van der Waals surface area contributed by atoms with Gasteiger partial charge in [-0.2, -0.15) is 0 Å². The van der Waals surface area contributed by atoms with Crippen molar-refractivity contribution in [1.29, 1.82) is 0 Å². The molecule has 2 aromatic rings. The van der Waals surface area contributed by atoms with Crippen molar-refractivity contribution in [3.8, 4) is 11.1 Å². The van der Waals surface area contributed by atoms with Gasteiger partial charge in [0.05, 0.1) is 6.04 Å². The van der Waals surface area contributed by atoms with E-state index >= 15 is 0 Å². The molecule has 0 radical (unpaired) electrons. The zero-order valence-electron chi connectivity index (χ0n) is 17.6. The minimum atomic E-state index is -1.00. The first kappa shape index (κ1) is 22.9. The van der Waals surface area contributed by atoms with E-state index in [2.05, 4.69) is 17.2 Å². The molecule has 2 aromatic carbocycles. The number of ether oxygens (including phenoxy) is 2. The maximum absolute atomic E-state index is 12.5. The Hall–Kier alpha value is -3.81. The number of amides is 2. The van der Waals surface area contributed by atoms with Crippen molar-refractivity contribution in [1.82, 2.24) is 10.6 Å². The number of carbonyl (C=O) groups is 3. The molecule has 1 atom stereocenters. The fraction of sp³-hybridized carbons (Fsp3) is 0.292. The molecule has 32 heavy (non-hydrogen) atoms. The smallest absolute Gasteiger partial charge is 0.407 e. The number of fused-ring (bicyclic) bond motifs is 3. The molecular formula is C24H26N2O6. The molecule has 3 N–H and O–H groups in total. The summed E-state index contributed by atoms with van der Waals surface area (Å²) >= 11 is 0. The molecule has 0 spiro atoms. The van der Waals surface area contributed by atoms with Gasteiger partial charge in [0.1, 0.15) is 13.2 Å². The molecule has 0 saturated carbocycles. The average molecular weight is 438 g/mol. The molecule has 8 nitrogen and oxygen atoms in total. The van der Waals surface area contributed by atoms with Gasteiger partial charge in [-0.3, -0.25) is 4.79 Å². The average Bonchev–Trinajstić information content (AvgIpc) is 3.11. The molecule has 2 amide bonds. The van der Waals surface area contributed by atoms with Crippen molar-refractivity contribution in [2.45, 2.75) is 24.8 Å². The third-order valence-electron chi connectivity index (χ3n) is 5.20. The number of carbonyl (C=O) groups excluding carboxylic acids is 2. The molecule has 3 rings (SSSR count). The Morgan fingerprint density at radius 2 is 1.62 bits per heavy atom. The van der Waals surface area contributed by atoms with E-state index in [1.165, 1.54) is 6.08 Å². The highest BCUT2D eigenvalue weighted by Crippen LogP contribution is 2.44. The van der Waals surface area contributed by atoms with Gasteiger partial charge in [0.25, 0.3) is 0 Å². The van der Waals surface area contributed by atoms with E-state index in [0.29, 0.717) is 0 Å². The van der Waals surface area contributed by atoms with Gasteiger partial charge in [-0.15, -0.1) is 0 Å². The van der Waals surface area contributed by atoms with E-state index in [0.717, 1.165) is 22.3 Å². The lowest BCUT2D eigenvalue weighted by Gasteiger charge is -2.20. The molecular weight excluding hydrogens is 412 g/mol. The molecule has 0 unspecified atom stereocenters. The Morgan fingerprint density at radius 1 is 1.00 bits per heavy atom. The highest BCUT2D eigenvalue weighted by molar-refractivity contribution is 5.79. The molecule has 8 heteroatoms. The van der Waals surface area contributed by atoms with Crippen molar-refractivity contribution in [2.75, 3.05) is 19.8 Å². The lowest BCUT2D eigenvalue weighted by molar-refractivity contribution is -0.137. The SMILES string of the molecule is C=CCOC(=O)NC[C@H](CCC(=O)O)NC(=O)OCC1c2ccccc2-c2ccccc21. The Bertz CT molecular complexity index is 944. The van der Waals surface area contributed by atoms with Crippen LogP contribution in [0, 0.1) is 0 Å². The van der Waals surface area contributed by atoms with E-state index in [1.54, 1.807) is 0 Å². The summed E-state index contributed by atoms with van der Waals surface area (Å²) in [4.78, 5) is 35.0. The van der Waals surface area contributed by atoms with Gasteiger partial charge in [0.2, 0.25) is 0 Å². The number of alkyl carbamates (subject to hydrolysis) is 2. The van der Waals surface area contributed by atoms with Crippen molar-refractivity contribution in [2.24, 2.45) is 0 Å². The van der Waals surface area contributed by atoms with Crippen LogP contribution in [0.5, 0.6) is 0 Å². The zero-order chi connectivity index (χ0) is 22.9. The number of hydrogen-bond acceptors (Lipinski definition) is 5. The highest BCUT2D eigenvalue weighted by atomic mass is 16.6. The zero-order valence-corrected chi connectivity index (χ0v) is 17.6. The van der Waals surface area contributed by atoms with Crippen LogP contribution in [-0.2, 0) is 14.3 Å². The summed E-state index contributed by atoms with van der Waals surface area (Å²) in [7, 11) is 0. The Labute approximate surface area is 186 Å². The summed E-state index contributed by atoms with van der Waals surface area (Å²) in [5.74, 6) is -1.09. The maximum atomic E-state index is 12.5. The van der Waals surface area contributed by atoms with Crippen LogP contribution < -0.4 is 10.6 Å². The highest BCUT2D eigenvalue weighted by Gasteiger charge is 2.29. The van der Waals surface area contributed by atoms with E-state index in [-0.39, 0.29) is 38.5 Å². The van der Waals surface area contributed by atoms with Crippen LogP contribution in [-0.4, -0.2) is 49.1 Å². The van der Waals surface area contributed by atoms with Crippen LogP contribution in [0.25, 0.3) is 11.1 Å². The number of carboxylic acid groups (broad SMARTS) is 1. The van der Waals surface area contributed by atoms with Crippen molar-refractivity contribution in [3.05, 3.63) is 72.3 Å². The fourth-order valence-electron chi connectivity index (χ4n) is 3.72. The maximum Gasteiger partial charge on any atom is 0.407 e. The molecule has 1 aliphatic carbocycles. The third kappa shape index (κ3) is 5.87. The summed E-state index contributed by atoms with van der Waals surface area (Å²) in [6, 6.07) is 15.4. The lowest BCUT2D eigenvalue weighted by Crippen LogP contribution is -2.44. The van der Waals surface area contributed by atoms with Crippen LogP contribution in [0.2, 0.25) is 0 Å². The number of benzene rings is 2. The van der Waals surface area contributed by atoms with Crippen LogP contribution in [0.3, 0.4) is 0 Å². The Morgan fingerprint density at radius 3 is 2.22 bits per heavy atom. The van der Waals surface area contributed by atoms with Gasteiger partial charge in [-0.1, -0.05) is 61.2 Å². The molecule has 0 aromatic heterocycles. The summed E-state index contributed by atoms with van der Waals surface area (Å²) < 4.78 is 10.3. The standard InChI is InChI=1S/C24H26N2O6/c1-2-13-31-23(29)25-14-16(11-12-22(27)28)26-24(30)32-15-21-19-9-5-3-7-17(19)18-8-4-6-10-20(18)21/h2-10,16,21H,1,11-15H2,(H,25,29)(H,26,30)(H,27,28)/t16-/m0/s1. The number of hydrogen-bond donors (Lipinski definition) is 3. The predicted molar refractivity (Wildman–Crippen MR) is 118 cm³/mol. The van der Waals surface area contributed by atoms with Gasteiger partial charge in [0.15, 0.2) is 0 Å². The van der Waals surface area contributed by atoms with Crippen LogP contribution >= 0.6 is 0 Å². The lowest BCUT2D eigenvalue weighted by atomic mass is 9.98. The quantitative estimate of drug-likeness (QED) is 0.488. The van der Waals surface area contributed by atoms with Crippen molar-refractivity contribution >= 4 is 18.2 Å².